The summed E-state index contributed by atoms with van der Waals surface area (Å²) in [5.41, 5.74) is 1.33. The van der Waals surface area contributed by atoms with E-state index in [9.17, 15) is 0 Å². The van der Waals surface area contributed by atoms with Crippen LogP contribution in [0.3, 0.4) is 0 Å². The lowest BCUT2D eigenvalue weighted by atomic mass is 10.3. The minimum atomic E-state index is -1.69. The average molecular weight is 428 g/mol. The minimum Gasteiger partial charge on any atom is -1.00 e. The molecule has 0 aromatic heterocycles. The van der Waals surface area contributed by atoms with Gasteiger partial charge in [0.2, 0.25) is 0 Å². The van der Waals surface area contributed by atoms with E-state index in [0.29, 0.717) is 0 Å². The number of para-hydroxylation sites is 1. The van der Waals surface area contributed by atoms with Gasteiger partial charge in [-0.05, 0) is 42.8 Å². The van der Waals surface area contributed by atoms with Gasteiger partial charge in [0.1, 0.15) is 23.2 Å². The fourth-order valence-electron chi connectivity index (χ4n) is 3.67. The van der Waals surface area contributed by atoms with Gasteiger partial charge in [-0.1, -0.05) is 55.5 Å². The van der Waals surface area contributed by atoms with Gasteiger partial charge in [0.05, 0.1) is 11.8 Å². The molecule has 3 rings (SSSR count). The number of hydrogen-bond acceptors (Lipinski definition) is 1. The maximum absolute atomic E-state index is 2.35. The van der Waals surface area contributed by atoms with Gasteiger partial charge >= 0.3 is 0 Å². The van der Waals surface area contributed by atoms with Crippen molar-refractivity contribution < 1.29 is 17.0 Å². The smallest absolute Gasteiger partial charge is 0.127 e. The quantitative estimate of drug-likeness (QED) is 0.538. The number of benzene rings is 3. The third-order valence-electron chi connectivity index (χ3n) is 4.73. The molecule has 136 valence electrons. The van der Waals surface area contributed by atoms with Gasteiger partial charge in [-0.2, -0.15) is 0 Å². The summed E-state index contributed by atoms with van der Waals surface area (Å²) in [5.74, 6) is 0. The Balaban J connectivity index is 0.00000243. The van der Waals surface area contributed by atoms with Crippen molar-refractivity contribution >= 4 is 28.9 Å². The molecular weight excluding hydrogens is 401 g/mol. The van der Waals surface area contributed by atoms with E-state index in [0.717, 1.165) is 0 Å². The monoisotopic (exact) mass is 427 g/mol. The highest BCUT2D eigenvalue weighted by atomic mass is 79.9. The number of hydrogen-bond donors (Lipinski definition) is 0. The van der Waals surface area contributed by atoms with Crippen LogP contribution in [-0.2, 0) is 0 Å². The molecule has 0 bridgehead atoms. The highest BCUT2D eigenvalue weighted by molar-refractivity contribution is 7.96. The lowest BCUT2D eigenvalue weighted by molar-refractivity contribution is -0.00000503. The van der Waals surface area contributed by atoms with Crippen LogP contribution in [0, 0.1) is 0 Å². The Morgan fingerprint density at radius 1 is 0.692 bits per heavy atom. The van der Waals surface area contributed by atoms with Crippen LogP contribution in [0.2, 0.25) is 0 Å². The molecule has 0 N–H and O–H groups in total. The zero-order valence-electron chi connectivity index (χ0n) is 15.8. The van der Waals surface area contributed by atoms with Crippen molar-refractivity contribution in [2.75, 3.05) is 25.2 Å². The summed E-state index contributed by atoms with van der Waals surface area (Å²) < 4.78 is 0. The largest absolute Gasteiger partial charge is 1.00 e. The van der Waals surface area contributed by atoms with Gasteiger partial charge in [-0.25, -0.2) is 0 Å². The minimum absolute atomic E-state index is 0. The molecule has 0 atom stereocenters. The van der Waals surface area contributed by atoms with Crippen molar-refractivity contribution in [3.8, 4) is 0 Å². The van der Waals surface area contributed by atoms with Gasteiger partial charge in [0.25, 0.3) is 0 Å². The molecule has 26 heavy (non-hydrogen) atoms. The topological polar surface area (TPSA) is 3.24 Å². The standard InChI is InChI=1S/C23H27NP.BrH/c1-4-19-25(20-13-7-5-8-14-20,21-15-9-6-10-16-21)23-18-12-11-17-22(23)24(2)3;/h5-18H,4,19H2,1-3H3;1H/q+1;/p-1. The van der Waals surface area contributed by atoms with Crippen LogP contribution in [0.15, 0.2) is 84.9 Å². The first kappa shape index (κ1) is 20.7. The maximum atomic E-state index is 2.35. The molecular formula is C23H27BrNP. The van der Waals surface area contributed by atoms with E-state index < -0.39 is 7.26 Å². The van der Waals surface area contributed by atoms with E-state index in [4.69, 9.17) is 0 Å². The molecule has 3 aromatic rings. The molecule has 0 aliphatic heterocycles. The fourth-order valence-corrected chi connectivity index (χ4v) is 8.32. The third kappa shape index (κ3) is 3.87. The normalized spacial score (nSPS) is 10.9. The van der Waals surface area contributed by atoms with Crippen LogP contribution in [-0.4, -0.2) is 20.3 Å². The van der Waals surface area contributed by atoms with E-state index in [2.05, 4.69) is 111 Å². The van der Waals surface area contributed by atoms with Crippen LogP contribution in [0.4, 0.5) is 5.69 Å². The summed E-state index contributed by atoms with van der Waals surface area (Å²) >= 11 is 0. The summed E-state index contributed by atoms with van der Waals surface area (Å²) in [6, 6.07) is 31.2. The van der Waals surface area contributed by atoms with E-state index in [1.165, 1.54) is 34.2 Å². The average Bonchev–Trinajstić information content (AvgIpc) is 2.67. The van der Waals surface area contributed by atoms with Crippen molar-refractivity contribution in [3.63, 3.8) is 0 Å². The van der Waals surface area contributed by atoms with E-state index >= 15 is 0 Å². The summed E-state index contributed by atoms with van der Waals surface area (Å²) in [5, 5.41) is 4.42. The summed E-state index contributed by atoms with van der Waals surface area (Å²) in [7, 11) is 2.61. The number of halogens is 1. The zero-order valence-corrected chi connectivity index (χ0v) is 18.2. The second-order valence-electron chi connectivity index (χ2n) is 6.59. The summed E-state index contributed by atoms with van der Waals surface area (Å²) in [6.07, 6.45) is 2.35. The molecule has 0 saturated heterocycles. The number of rotatable bonds is 6. The molecule has 3 heteroatoms. The first-order valence-corrected chi connectivity index (χ1v) is 10.9. The van der Waals surface area contributed by atoms with Crippen LogP contribution in [0.5, 0.6) is 0 Å². The van der Waals surface area contributed by atoms with Crippen molar-refractivity contribution in [2.24, 2.45) is 0 Å². The Hall–Kier alpha value is -1.63. The van der Waals surface area contributed by atoms with Crippen molar-refractivity contribution in [3.05, 3.63) is 84.9 Å². The van der Waals surface area contributed by atoms with Crippen molar-refractivity contribution in [1.82, 2.24) is 0 Å². The third-order valence-corrected chi connectivity index (χ3v) is 9.41. The Morgan fingerprint density at radius 2 is 1.15 bits per heavy atom. The molecule has 0 fully saturated rings. The summed E-state index contributed by atoms with van der Waals surface area (Å²) in [6.45, 7) is 2.30. The van der Waals surface area contributed by atoms with Crippen LogP contribution in [0.1, 0.15) is 13.3 Å². The predicted octanol–water partition coefficient (Wildman–Crippen LogP) is 1.46. The SMILES string of the molecule is CCC[P+](c1ccccc1)(c1ccccc1)c1ccccc1N(C)C.[Br-]. The fraction of sp³-hybridized carbons (Fsp3) is 0.217. The lowest BCUT2D eigenvalue weighted by Crippen LogP contribution is -3.00. The molecule has 1 nitrogen and oxygen atoms in total. The first-order chi connectivity index (χ1) is 12.2. The highest BCUT2D eigenvalue weighted by Crippen LogP contribution is 2.57. The Labute approximate surface area is 169 Å². The van der Waals surface area contributed by atoms with Gasteiger partial charge in [0, 0.05) is 14.1 Å². The molecule has 0 aliphatic carbocycles. The van der Waals surface area contributed by atoms with Gasteiger partial charge in [-0.15, -0.1) is 0 Å². The van der Waals surface area contributed by atoms with Crippen LogP contribution in [0.25, 0.3) is 0 Å². The Morgan fingerprint density at radius 3 is 1.62 bits per heavy atom. The molecule has 0 saturated carbocycles. The zero-order chi connectivity index (χ0) is 17.7. The first-order valence-electron chi connectivity index (χ1n) is 8.96. The van der Waals surface area contributed by atoms with Gasteiger partial charge < -0.3 is 21.9 Å². The van der Waals surface area contributed by atoms with Crippen LogP contribution >= 0.6 is 7.26 Å². The Kier molecular flexibility index (Phi) is 7.43. The predicted molar refractivity (Wildman–Crippen MR) is 115 cm³/mol. The number of anilines is 1. The lowest BCUT2D eigenvalue weighted by Gasteiger charge is -2.30. The molecule has 0 aliphatic rings. The highest BCUT2D eigenvalue weighted by Gasteiger charge is 2.46. The van der Waals surface area contributed by atoms with Crippen molar-refractivity contribution in [2.45, 2.75) is 13.3 Å². The van der Waals surface area contributed by atoms with Crippen molar-refractivity contribution in [1.29, 1.82) is 0 Å². The molecule has 0 heterocycles. The second kappa shape index (κ2) is 9.35. The summed E-state index contributed by atoms with van der Waals surface area (Å²) in [4.78, 5) is 2.26. The second-order valence-corrected chi connectivity index (χ2v) is 10.2. The molecule has 0 unspecified atom stereocenters. The maximum Gasteiger partial charge on any atom is 0.127 e. The Bertz CT molecular complexity index is 763. The molecule has 0 amide bonds. The van der Waals surface area contributed by atoms with Gasteiger partial charge in [0.15, 0.2) is 0 Å². The van der Waals surface area contributed by atoms with E-state index in [1.54, 1.807) is 0 Å². The van der Waals surface area contributed by atoms with Crippen LogP contribution < -0.4 is 37.8 Å². The molecule has 3 aromatic carbocycles. The number of nitrogens with zero attached hydrogens (tertiary/aromatic N) is 1. The molecule has 0 radical (unpaired) electrons. The van der Waals surface area contributed by atoms with E-state index in [1.807, 2.05) is 0 Å². The van der Waals surface area contributed by atoms with Gasteiger partial charge in [-0.3, -0.25) is 0 Å². The molecule has 0 spiro atoms. The van der Waals surface area contributed by atoms with E-state index in [-0.39, 0.29) is 17.0 Å².